The summed E-state index contributed by atoms with van der Waals surface area (Å²) in [6, 6.07) is 0. The molecule has 2 rings (SSSR count). The molecule has 0 radical (unpaired) electrons. The van der Waals surface area contributed by atoms with Gasteiger partial charge in [0.25, 0.3) is 0 Å². The smallest absolute Gasteiger partial charge is 0.343 e. The van der Waals surface area contributed by atoms with Crippen LogP contribution in [0.1, 0.15) is 0 Å². The van der Waals surface area contributed by atoms with E-state index >= 15 is 0 Å². The number of hydrogen-bond donors (Lipinski definition) is 0. The molecule has 0 saturated carbocycles. The number of morpholine rings is 1. The quantitative estimate of drug-likeness (QED) is 0.723. The average molecular weight is 252 g/mol. The predicted molar refractivity (Wildman–Crippen MR) is 53.4 cm³/mol. The topological polar surface area (TPSA) is 59.5 Å². The molecule has 1 aromatic heterocycles. The highest BCUT2D eigenvalue weighted by atomic mass is 32.3. The van der Waals surface area contributed by atoms with Crippen LogP contribution in [0.5, 0.6) is 0 Å². The molecule has 0 amide bonds. The third kappa shape index (κ3) is 2.44. The number of ether oxygens (including phenoxy) is 1. The highest BCUT2D eigenvalue weighted by Crippen LogP contribution is 2.27. The highest BCUT2D eigenvalue weighted by Gasteiger charge is 2.20. The third-order valence-electron chi connectivity index (χ3n) is 1.99. The van der Waals surface area contributed by atoms with Gasteiger partial charge in [-0.15, -0.1) is 0 Å². The first-order chi connectivity index (χ1) is 7.07. The van der Waals surface area contributed by atoms with Crippen LogP contribution in [0.25, 0.3) is 0 Å². The number of aromatic nitrogens is 1. The molecular weight excluding hydrogens is 243 g/mol. The van der Waals surface area contributed by atoms with Crippen molar-refractivity contribution in [3.05, 3.63) is 6.20 Å². The molecule has 1 aliphatic heterocycles. The van der Waals surface area contributed by atoms with Crippen molar-refractivity contribution in [2.24, 2.45) is 0 Å². The zero-order valence-corrected chi connectivity index (χ0v) is 9.35. The molecule has 0 unspecified atom stereocenters. The van der Waals surface area contributed by atoms with Gasteiger partial charge in [0.1, 0.15) is 0 Å². The molecule has 0 spiro atoms. The van der Waals surface area contributed by atoms with E-state index in [0.29, 0.717) is 31.4 Å². The lowest BCUT2D eigenvalue weighted by Crippen LogP contribution is -2.36. The van der Waals surface area contributed by atoms with Gasteiger partial charge in [-0.3, -0.25) is 0 Å². The lowest BCUT2D eigenvalue weighted by Gasteiger charge is -2.25. The summed E-state index contributed by atoms with van der Waals surface area (Å²) < 4.78 is 38.6. The molecule has 1 aliphatic rings. The van der Waals surface area contributed by atoms with Crippen molar-refractivity contribution in [1.82, 2.24) is 4.98 Å². The number of hydrogen-bond acceptors (Lipinski definition) is 6. The van der Waals surface area contributed by atoms with Crippen LogP contribution in [0.2, 0.25) is 0 Å². The molecule has 1 aromatic rings. The standard InChI is InChI=1S/C7H9FN2O3S2/c8-15(11,12)6-5-9-7(14-6)10-1-3-13-4-2-10/h5H,1-4H2. The summed E-state index contributed by atoms with van der Waals surface area (Å²) in [6.45, 7) is 2.47. The van der Waals surface area contributed by atoms with Crippen molar-refractivity contribution in [3.63, 3.8) is 0 Å². The number of rotatable bonds is 2. The van der Waals surface area contributed by atoms with E-state index in [2.05, 4.69) is 4.98 Å². The van der Waals surface area contributed by atoms with E-state index in [4.69, 9.17) is 4.74 Å². The lowest BCUT2D eigenvalue weighted by atomic mass is 10.5. The maximum atomic E-state index is 12.6. The Morgan fingerprint density at radius 1 is 1.47 bits per heavy atom. The summed E-state index contributed by atoms with van der Waals surface area (Å²) in [7, 11) is -4.62. The van der Waals surface area contributed by atoms with Crippen molar-refractivity contribution in [1.29, 1.82) is 0 Å². The second kappa shape index (κ2) is 4.03. The lowest BCUT2D eigenvalue weighted by molar-refractivity contribution is 0.122. The van der Waals surface area contributed by atoms with Crippen molar-refractivity contribution in [3.8, 4) is 0 Å². The van der Waals surface area contributed by atoms with Crippen LogP contribution in [0.15, 0.2) is 10.4 Å². The van der Waals surface area contributed by atoms with Crippen LogP contribution in [0.4, 0.5) is 9.02 Å². The maximum Gasteiger partial charge on any atom is 0.343 e. The summed E-state index contributed by atoms with van der Waals surface area (Å²) in [5.74, 6) is 0. The van der Waals surface area contributed by atoms with Gasteiger partial charge in [-0.05, 0) is 0 Å². The first kappa shape index (κ1) is 10.8. The van der Waals surface area contributed by atoms with Crippen LogP contribution in [0, 0.1) is 0 Å². The molecule has 15 heavy (non-hydrogen) atoms. The van der Waals surface area contributed by atoms with Crippen LogP contribution < -0.4 is 4.90 Å². The first-order valence-corrected chi connectivity index (χ1v) is 6.50. The monoisotopic (exact) mass is 252 g/mol. The minimum atomic E-state index is -4.62. The van der Waals surface area contributed by atoms with E-state index in [0.717, 1.165) is 17.5 Å². The Hall–Kier alpha value is -0.730. The van der Waals surface area contributed by atoms with Gasteiger partial charge in [-0.1, -0.05) is 15.2 Å². The van der Waals surface area contributed by atoms with Crippen molar-refractivity contribution >= 4 is 26.7 Å². The Morgan fingerprint density at radius 3 is 2.67 bits per heavy atom. The van der Waals surface area contributed by atoms with E-state index in [1.54, 1.807) is 0 Å². The molecule has 0 atom stereocenters. The van der Waals surface area contributed by atoms with Gasteiger partial charge in [0.15, 0.2) is 9.34 Å². The Kier molecular flexibility index (Phi) is 2.89. The molecule has 5 nitrogen and oxygen atoms in total. The number of thiazole rings is 1. The van der Waals surface area contributed by atoms with Gasteiger partial charge >= 0.3 is 10.2 Å². The molecule has 2 heterocycles. The van der Waals surface area contributed by atoms with Gasteiger partial charge in [0, 0.05) is 13.1 Å². The predicted octanol–water partition coefficient (Wildman–Crippen LogP) is 0.638. The second-order valence-corrected chi connectivity index (χ2v) is 5.58. The normalized spacial score (nSPS) is 18.1. The van der Waals surface area contributed by atoms with Crippen molar-refractivity contribution in [2.75, 3.05) is 31.2 Å². The molecule has 8 heteroatoms. The zero-order valence-electron chi connectivity index (χ0n) is 7.72. The number of halogens is 1. The maximum absolute atomic E-state index is 12.6. The van der Waals surface area contributed by atoms with E-state index < -0.39 is 10.2 Å². The van der Waals surface area contributed by atoms with Gasteiger partial charge in [-0.25, -0.2) is 4.98 Å². The second-order valence-electron chi connectivity index (χ2n) is 3.00. The minimum Gasteiger partial charge on any atom is -0.378 e. The number of anilines is 1. The molecule has 0 aliphatic carbocycles. The van der Waals surface area contributed by atoms with Crippen LogP contribution in [0.3, 0.4) is 0 Å². The van der Waals surface area contributed by atoms with E-state index in [9.17, 15) is 12.3 Å². The average Bonchev–Trinajstić information content (AvgIpc) is 2.67. The summed E-state index contributed by atoms with van der Waals surface area (Å²) in [5.41, 5.74) is 0. The molecule has 1 fully saturated rings. The van der Waals surface area contributed by atoms with Gasteiger partial charge in [0.05, 0.1) is 19.4 Å². The Bertz CT molecular complexity index is 439. The van der Waals surface area contributed by atoms with E-state index in [1.807, 2.05) is 4.90 Å². The number of nitrogens with zero attached hydrogens (tertiary/aromatic N) is 2. The van der Waals surface area contributed by atoms with Gasteiger partial charge < -0.3 is 9.64 Å². The van der Waals surface area contributed by atoms with Gasteiger partial charge in [-0.2, -0.15) is 8.42 Å². The van der Waals surface area contributed by atoms with Gasteiger partial charge in [0.2, 0.25) is 0 Å². The summed E-state index contributed by atoms with van der Waals surface area (Å²) in [6.07, 6.45) is 1.05. The Morgan fingerprint density at radius 2 is 2.13 bits per heavy atom. The summed E-state index contributed by atoms with van der Waals surface area (Å²) >= 11 is 0.843. The largest absolute Gasteiger partial charge is 0.378 e. The fraction of sp³-hybridized carbons (Fsp3) is 0.571. The molecule has 0 aromatic carbocycles. The first-order valence-electron chi connectivity index (χ1n) is 4.30. The summed E-state index contributed by atoms with van der Waals surface area (Å²) in [5, 5.41) is 0.523. The van der Waals surface area contributed by atoms with Crippen molar-refractivity contribution in [2.45, 2.75) is 4.21 Å². The SMILES string of the molecule is O=S(=O)(F)c1cnc(N2CCOCC2)s1. The van der Waals surface area contributed by atoms with Crippen LogP contribution in [-0.4, -0.2) is 39.7 Å². The third-order valence-corrected chi connectivity index (χ3v) is 4.28. The minimum absolute atomic E-state index is 0.344. The van der Waals surface area contributed by atoms with E-state index in [1.165, 1.54) is 0 Å². The fourth-order valence-electron chi connectivity index (χ4n) is 1.26. The molecule has 0 bridgehead atoms. The Balaban J connectivity index is 2.19. The highest BCUT2D eigenvalue weighted by molar-refractivity contribution is 7.88. The summed E-state index contributed by atoms with van der Waals surface area (Å²) in [4.78, 5) is 5.75. The van der Waals surface area contributed by atoms with E-state index in [-0.39, 0.29) is 4.21 Å². The molecule has 84 valence electrons. The Labute approximate surface area is 90.7 Å². The molecule has 0 N–H and O–H groups in total. The fourth-order valence-corrected chi connectivity index (χ4v) is 2.77. The van der Waals surface area contributed by atoms with Crippen LogP contribution in [-0.2, 0) is 15.0 Å². The zero-order chi connectivity index (χ0) is 10.9. The molecular formula is C7H9FN2O3S2. The molecule has 1 saturated heterocycles. The van der Waals surface area contributed by atoms with Crippen LogP contribution >= 0.6 is 11.3 Å². The van der Waals surface area contributed by atoms with Crippen molar-refractivity contribution < 1.29 is 17.0 Å².